The van der Waals surface area contributed by atoms with Crippen LogP contribution in [0.4, 0.5) is 0 Å². The first-order chi connectivity index (χ1) is 7.70. The second kappa shape index (κ2) is 4.83. The van der Waals surface area contributed by atoms with E-state index in [0.717, 1.165) is 13.1 Å². The molecule has 0 saturated heterocycles. The molecule has 4 heteroatoms. The highest BCUT2D eigenvalue weighted by molar-refractivity contribution is 6.30. The smallest absolute Gasteiger partial charge is 0.272 e. The molecule has 3 nitrogen and oxygen atoms in total. The van der Waals surface area contributed by atoms with Crippen molar-refractivity contribution in [2.75, 3.05) is 13.1 Å². The van der Waals surface area contributed by atoms with Gasteiger partial charge in [0.15, 0.2) is 0 Å². The van der Waals surface area contributed by atoms with E-state index in [4.69, 9.17) is 11.6 Å². The van der Waals surface area contributed by atoms with Crippen molar-refractivity contribution in [2.24, 2.45) is 5.92 Å². The number of hydrogen-bond donors (Lipinski definition) is 0. The maximum atomic E-state index is 12.1. The van der Waals surface area contributed by atoms with Gasteiger partial charge in [0.05, 0.1) is 0 Å². The van der Waals surface area contributed by atoms with Crippen molar-refractivity contribution in [1.82, 2.24) is 9.88 Å². The zero-order valence-electron chi connectivity index (χ0n) is 9.32. The van der Waals surface area contributed by atoms with E-state index >= 15 is 0 Å². The quantitative estimate of drug-likeness (QED) is 0.808. The summed E-state index contributed by atoms with van der Waals surface area (Å²) in [6.45, 7) is 3.57. The van der Waals surface area contributed by atoms with Crippen LogP contribution in [0.2, 0.25) is 5.02 Å². The molecular formula is C12H15ClN2O. The summed E-state index contributed by atoms with van der Waals surface area (Å²) in [7, 11) is 0. The Morgan fingerprint density at radius 3 is 2.94 bits per heavy atom. The van der Waals surface area contributed by atoms with Crippen LogP contribution in [0.15, 0.2) is 18.3 Å². The third-order valence-electron chi connectivity index (χ3n) is 2.79. The van der Waals surface area contributed by atoms with Gasteiger partial charge in [-0.05, 0) is 37.8 Å². The maximum absolute atomic E-state index is 12.1. The molecule has 86 valence electrons. The fraction of sp³-hybridized carbons (Fsp3) is 0.500. The van der Waals surface area contributed by atoms with E-state index in [1.165, 1.54) is 12.8 Å². The number of carbonyl (C=O) groups is 1. The van der Waals surface area contributed by atoms with Crippen molar-refractivity contribution in [3.8, 4) is 0 Å². The van der Waals surface area contributed by atoms with Crippen molar-refractivity contribution >= 4 is 17.5 Å². The number of aromatic nitrogens is 1. The van der Waals surface area contributed by atoms with Crippen LogP contribution in [0.25, 0.3) is 0 Å². The molecule has 1 saturated carbocycles. The number of hydrogen-bond acceptors (Lipinski definition) is 2. The van der Waals surface area contributed by atoms with Gasteiger partial charge in [-0.2, -0.15) is 0 Å². The minimum Gasteiger partial charge on any atom is -0.337 e. The molecule has 2 rings (SSSR count). The average Bonchev–Trinajstić information content (AvgIpc) is 3.09. The number of amides is 1. The number of pyridine rings is 1. The van der Waals surface area contributed by atoms with Crippen LogP contribution < -0.4 is 0 Å². The lowest BCUT2D eigenvalue weighted by atomic mass is 10.3. The van der Waals surface area contributed by atoms with Crippen LogP contribution in [0.5, 0.6) is 0 Å². The second-order valence-corrected chi connectivity index (χ2v) is 4.58. The van der Waals surface area contributed by atoms with Gasteiger partial charge in [-0.3, -0.25) is 9.78 Å². The number of rotatable bonds is 4. The molecule has 1 fully saturated rings. The fourth-order valence-corrected chi connectivity index (χ4v) is 1.81. The Labute approximate surface area is 100 Å². The summed E-state index contributed by atoms with van der Waals surface area (Å²) in [4.78, 5) is 18.0. The number of halogens is 1. The van der Waals surface area contributed by atoms with Crippen LogP contribution in [0.1, 0.15) is 30.3 Å². The minimum atomic E-state index is -0.0168. The fourth-order valence-electron chi connectivity index (χ4n) is 1.65. The Bertz CT molecular complexity index is 390. The molecule has 0 aliphatic heterocycles. The van der Waals surface area contributed by atoms with Gasteiger partial charge in [-0.15, -0.1) is 0 Å². The second-order valence-electron chi connectivity index (χ2n) is 4.15. The van der Waals surface area contributed by atoms with Gasteiger partial charge >= 0.3 is 0 Å². The molecule has 0 atom stereocenters. The van der Waals surface area contributed by atoms with E-state index in [1.54, 1.807) is 18.3 Å². The van der Waals surface area contributed by atoms with Crippen LogP contribution in [-0.4, -0.2) is 28.9 Å². The van der Waals surface area contributed by atoms with Gasteiger partial charge in [0, 0.05) is 24.3 Å². The van der Waals surface area contributed by atoms with Crippen LogP contribution in [0, 0.1) is 5.92 Å². The Kier molecular flexibility index (Phi) is 3.44. The van der Waals surface area contributed by atoms with Crippen LogP contribution >= 0.6 is 11.6 Å². The summed E-state index contributed by atoms with van der Waals surface area (Å²) < 4.78 is 0. The molecule has 0 spiro atoms. The zero-order valence-corrected chi connectivity index (χ0v) is 10.1. The Morgan fingerprint density at radius 2 is 2.38 bits per heavy atom. The highest BCUT2D eigenvalue weighted by Crippen LogP contribution is 2.30. The third-order valence-corrected chi connectivity index (χ3v) is 3.02. The highest BCUT2D eigenvalue weighted by Gasteiger charge is 2.26. The maximum Gasteiger partial charge on any atom is 0.272 e. The van der Waals surface area contributed by atoms with Gasteiger partial charge in [-0.25, -0.2) is 0 Å². The molecule has 1 aliphatic carbocycles. The SMILES string of the molecule is CCN(CC1CC1)C(=O)c1cc(Cl)ccn1. The first-order valence-electron chi connectivity index (χ1n) is 5.61. The third kappa shape index (κ3) is 2.73. The Morgan fingerprint density at radius 1 is 1.62 bits per heavy atom. The lowest BCUT2D eigenvalue weighted by Gasteiger charge is -2.20. The summed E-state index contributed by atoms with van der Waals surface area (Å²) >= 11 is 5.84. The molecule has 1 aliphatic rings. The van der Waals surface area contributed by atoms with Crippen molar-refractivity contribution in [3.05, 3.63) is 29.0 Å². The molecule has 0 radical (unpaired) electrons. The molecule has 1 amide bonds. The topological polar surface area (TPSA) is 33.2 Å². The molecule has 0 aromatic carbocycles. The lowest BCUT2D eigenvalue weighted by molar-refractivity contribution is 0.0751. The van der Waals surface area contributed by atoms with Gasteiger partial charge in [0.1, 0.15) is 5.69 Å². The molecular weight excluding hydrogens is 224 g/mol. The predicted molar refractivity (Wildman–Crippen MR) is 63.5 cm³/mol. The van der Waals surface area contributed by atoms with E-state index in [-0.39, 0.29) is 5.91 Å². The molecule has 0 bridgehead atoms. The highest BCUT2D eigenvalue weighted by atomic mass is 35.5. The van der Waals surface area contributed by atoms with Gasteiger partial charge in [0.25, 0.3) is 5.91 Å². The van der Waals surface area contributed by atoms with E-state index in [1.807, 2.05) is 11.8 Å². The zero-order chi connectivity index (χ0) is 11.5. The summed E-state index contributed by atoms with van der Waals surface area (Å²) in [5.74, 6) is 0.681. The minimum absolute atomic E-state index is 0.0168. The van der Waals surface area contributed by atoms with Crippen molar-refractivity contribution < 1.29 is 4.79 Å². The Balaban J connectivity index is 2.09. The lowest BCUT2D eigenvalue weighted by Crippen LogP contribution is -2.33. The summed E-state index contributed by atoms with van der Waals surface area (Å²) in [5, 5.41) is 0.556. The van der Waals surface area contributed by atoms with Crippen LogP contribution in [-0.2, 0) is 0 Å². The monoisotopic (exact) mass is 238 g/mol. The van der Waals surface area contributed by atoms with E-state index < -0.39 is 0 Å². The first kappa shape index (κ1) is 11.4. The molecule has 1 aromatic rings. The van der Waals surface area contributed by atoms with E-state index in [2.05, 4.69) is 4.98 Å². The van der Waals surface area contributed by atoms with E-state index in [0.29, 0.717) is 16.6 Å². The Hall–Kier alpha value is -1.09. The van der Waals surface area contributed by atoms with Crippen LogP contribution in [0.3, 0.4) is 0 Å². The number of nitrogens with zero attached hydrogens (tertiary/aromatic N) is 2. The first-order valence-corrected chi connectivity index (χ1v) is 5.99. The van der Waals surface area contributed by atoms with Crippen molar-refractivity contribution in [3.63, 3.8) is 0 Å². The molecule has 0 unspecified atom stereocenters. The molecule has 0 N–H and O–H groups in total. The molecule has 1 aromatic heterocycles. The average molecular weight is 239 g/mol. The van der Waals surface area contributed by atoms with Gasteiger partial charge in [0.2, 0.25) is 0 Å². The normalized spacial score (nSPS) is 14.9. The summed E-state index contributed by atoms with van der Waals surface area (Å²) in [6, 6.07) is 3.30. The van der Waals surface area contributed by atoms with Gasteiger partial charge in [-0.1, -0.05) is 11.6 Å². The summed E-state index contributed by atoms with van der Waals surface area (Å²) in [5.41, 5.74) is 0.440. The summed E-state index contributed by atoms with van der Waals surface area (Å²) in [6.07, 6.45) is 4.06. The predicted octanol–water partition coefficient (Wildman–Crippen LogP) is 2.61. The van der Waals surface area contributed by atoms with Gasteiger partial charge < -0.3 is 4.90 Å². The van der Waals surface area contributed by atoms with E-state index in [9.17, 15) is 4.79 Å². The van der Waals surface area contributed by atoms with Crippen molar-refractivity contribution in [2.45, 2.75) is 19.8 Å². The molecule has 16 heavy (non-hydrogen) atoms. The number of carbonyl (C=O) groups excluding carboxylic acids is 1. The van der Waals surface area contributed by atoms with Crippen molar-refractivity contribution in [1.29, 1.82) is 0 Å². The standard InChI is InChI=1S/C12H15ClN2O/c1-2-15(8-9-3-4-9)12(16)11-7-10(13)5-6-14-11/h5-7,9H,2-4,8H2,1H3. The molecule has 1 heterocycles. The largest absolute Gasteiger partial charge is 0.337 e.